The van der Waals surface area contributed by atoms with Crippen LogP contribution < -0.4 is 10.5 Å². The topological polar surface area (TPSA) is 35.2 Å². The number of nitrogens with two attached hydrogens (primary N) is 1. The van der Waals surface area contributed by atoms with Gasteiger partial charge < -0.3 is 10.5 Å². The summed E-state index contributed by atoms with van der Waals surface area (Å²) in [6.45, 7) is 0.00819. The van der Waals surface area contributed by atoms with Gasteiger partial charge in [0.15, 0.2) is 0 Å². The van der Waals surface area contributed by atoms with Crippen molar-refractivity contribution >= 4 is 40.4 Å². The highest BCUT2D eigenvalue weighted by Gasteiger charge is 2.09. The second-order valence-corrected chi connectivity index (χ2v) is 5.25. The molecule has 0 saturated carbocycles. The molecule has 6 heteroatoms. The van der Waals surface area contributed by atoms with Crippen molar-refractivity contribution in [1.82, 2.24) is 0 Å². The van der Waals surface area contributed by atoms with Gasteiger partial charge >= 0.3 is 0 Å². The van der Waals surface area contributed by atoms with E-state index in [9.17, 15) is 4.39 Å². The minimum absolute atomic E-state index is 0.00819. The Morgan fingerprint density at radius 1 is 1.20 bits per heavy atom. The zero-order chi connectivity index (χ0) is 14.7. The third-order valence-electron chi connectivity index (χ3n) is 2.65. The van der Waals surface area contributed by atoms with Gasteiger partial charge in [0.1, 0.15) is 23.2 Å². The molecule has 0 atom stereocenters. The second-order valence-electron chi connectivity index (χ2n) is 3.99. The number of thiocarbonyl (C=S) groups is 1. The maximum absolute atomic E-state index is 13.6. The first kappa shape index (κ1) is 15.0. The molecule has 0 aliphatic rings. The summed E-state index contributed by atoms with van der Waals surface area (Å²) in [5.41, 5.74) is 6.37. The molecule has 2 rings (SSSR count). The molecule has 0 radical (unpaired) electrons. The minimum Gasteiger partial charge on any atom is -0.489 e. The number of rotatable bonds is 4. The van der Waals surface area contributed by atoms with Gasteiger partial charge in [-0.15, -0.1) is 0 Å². The molecule has 2 nitrogen and oxygen atoms in total. The zero-order valence-corrected chi connectivity index (χ0v) is 12.5. The van der Waals surface area contributed by atoms with Gasteiger partial charge in [-0.25, -0.2) is 4.39 Å². The largest absolute Gasteiger partial charge is 0.489 e. The first-order chi connectivity index (χ1) is 9.49. The smallest absolute Gasteiger partial charge is 0.131 e. The molecule has 0 fully saturated rings. The van der Waals surface area contributed by atoms with E-state index in [4.69, 9.17) is 45.9 Å². The molecule has 0 saturated heterocycles. The number of hydrogen-bond acceptors (Lipinski definition) is 2. The molecule has 0 amide bonds. The van der Waals surface area contributed by atoms with Gasteiger partial charge in [-0.2, -0.15) is 0 Å². The van der Waals surface area contributed by atoms with Crippen LogP contribution in [0.15, 0.2) is 36.4 Å². The zero-order valence-electron chi connectivity index (χ0n) is 10.2. The Balaban J connectivity index is 2.16. The van der Waals surface area contributed by atoms with Gasteiger partial charge in [0, 0.05) is 11.1 Å². The lowest BCUT2D eigenvalue weighted by atomic mass is 10.2. The van der Waals surface area contributed by atoms with Crippen molar-refractivity contribution in [1.29, 1.82) is 0 Å². The van der Waals surface area contributed by atoms with Crippen LogP contribution in [0.2, 0.25) is 10.0 Å². The van der Waals surface area contributed by atoms with E-state index in [0.29, 0.717) is 26.9 Å². The Kier molecular flexibility index (Phi) is 4.81. The molecule has 0 heterocycles. The summed E-state index contributed by atoms with van der Waals surface area (Å²) in [7, 11) is 0. The molecule has 0 aromatic heterocycles. The van der Waals surface area contributed by atoms with Crippen LogP contribution >= 0.6 is 35.4 Å². The standard InChI is InChI=1S/C14H10Cl2FNOS/c15-11-2-1-3-13(17)10(11)7-19-8-4-5-9(14(18)20)12(16)6-8/h1-6H,7H2,(H2,18,20). The highest BCUT2D eigenvalue weighted by molar-refractivity contribution is 7.80. The molecule has 2 N–H and O–H groups in total. The van der Waals surface area contributed by atoms with E-state index in [0.717, 1.165) is 0 Å². The van der Waals surface area contributed by atoms with Crippen molar-refractivity contribution in [3.8, 4) is 5.75 Å². The average molecular weight is 330 g/mol. The van der Waals surface area contributed by atoms with E-state index in [1.54, 1.807) is 24.3 Å². The fraction of sp³-hybridized carbons (Fsp3) is 0.0714. The molecular weight excluding hydrogens is 320 g/mol. The Morgan fingerprint density at radius 2 is 1.95 bits per heavy atom. The molecule has 0 unspecified atom stereocenters. The Labute approximate surface area is 131 Å². The van der Waals surface area contributed by atoms with E-state index in [-0.39, 0.29) is 11.6 Å². The molecule has 0 aliphatic heterocycles. The summed E-state index contributed by atoms with van der Waals surface area (Å²) < 4.78 is 19.1. The van der Waals surface area contributed by atoms with Crippen LogP contribution in [0.4, 0.5) is 4.39 Å². The third-order valence-corrected chi connectivity index (χ3v) is 3.54. The van der Waals surface area contributed by atoms with Crippen LogP contribution in [0.5, 0.6) is 5.75 Å². The maximum atomic E-state index is 13.6. The quantitative estimate of drug-likeness (QED) is 0.847. The summed E-state index contributed by atoms with van der Waals surface area (Å²) in [5, 5.41) is 0.700. The number of hydrogen-bond donors (Lipinski definition) is 1. The molecule has 0 bridgehead atoms. The molecule has 2 aromatic rings. The van der Waals surface area contributed by atoms with Crippen LogP contribution in [0.1, 0.15) is 11.1 Å². The van der Waals surface area contributed by atoms with E-state index >= 15 is 0 Å². The van der Waals surface area contributed by atoms with Gasteiger partial charge in [-0.1, -0.05) is 41.5 Å². The first-order valence-corrected chi connectivity index (χ1v) is 6.80. The minimum atomic E-state index is -0.414. The van der Waals surface area contributed by atoms with Gasteiger partial charge in [0.2, 0.25) is 0 Å². The fourth-order valence-electron chi connectivity index (χ4n) is 1.61. The summed E-state index contributed by atoms with van der Waals surface area (Å²) in [6.07, 6.45) is 0. The van der Waals surface area contributed by atoms with Gasteiger partial charge in [0.25, 0.3) is 0 Å². The monoisotopic (exact) mass is 329 g/mol. The highest BCUT2D eigenvalue weighted by atomic mass is 35.5. The molecule has 0 aliphatic carbocycles. The number of halogens is 3. The predicted octanol–water partition coefficient (Wildman–Crippen LogP) is 4.35. The van der Waals surface area contributed by atoms with Crippen LogP contribution in [-0.2, 0) is 6.61 Å². The lowest BCUT2D eigenvalue weighted by Gasteiger charge is -2.10. The fourth-order valence-corrected chi connectivity index (χ4v) is 2.34. The summed E-state index contributed by atoms with van der Waals surface area (Å²) in [6, 6.07) is 9.36. The highest BCUT2D eigenvalue weighted by Crippen LogP contribution is 2.25. The Morgan fingerprint density at radius 3 is 2.55 bits per heavy atom. The molecule has 104 valence electrons. The van der Waals surface area contributed by atoms with Crippen molar-refractivity contribution < 1.29 is 9.13 Å². The Bertz CT molecular complexity index is 643. The van der Waals surface area contributed by atoms with Crippen LogP contribution in [0.25, 0.3) is 0 Å². The van der Waals surface area contributed by atoms with Crippen LogP contribution in [0.3, 0.4) is 0 Å². The summed E-state index contributed by atoms with van der Waals surface area (Å²) >= 11 is 16.8. The lowest BCUT2D eigenvalue weighted by molar-refractivity contribution is 0.300. The van der Waals surface area contributed by atoms with E-state index in [1.807, 2.05) is 0 Å². The van der Waals surface area contributed by atoms with Crippen molar-refractivity contribution in [2.45, 2.75) is 6.61 Å². The molecule has 0 spiro atoms. The van der Waals surface area contributed by atoms with E-state index < -0.39 is 5.82 Å². The number of ether oxygens (including phenoxy) is 1. The SMILES string of the molecule is NC(=S)c1ccc(OCc2c(F)cccc2Cl)cc1Cl. The third kappa shape index (κ3) is 3.39. The van der Waals surface area contributed by atoms with Crippen molar-refractivity contribution in [3.63, 3.8) is 0 Å². The second kappa shape index (κ2) is 6.39. The average Bonchev–Trinajstić information content (AvgIpc) is 2.37. The van der Waals surface area contributed by atoms with Gasteiger partial charge in [-0.05, 0) is 30.3 Å². The maximum Gasteiger partial charge on any atom is 0.131 e. The first-order valence-electron chi connectivity index (χ1n) is 5.64. The molecule has 20 heavy (non-hydrogen) atoms. The van der Waals surface area contributed by atoms with Crippen molar-refractivity contribution in [2.24, 2.45) is 5.73 Å². The molecule has 2 aromatic carbocycles. The Hall–Kier alpha value is -1.36. The summed E-state index contributed by atoms with van der Waals surface area (Å²) in [5.74, 6) is 0.0673. The van der Waals surface area contributed by atoms with Crippen molar-refractivity contribution in [2.75, 3.05) is 0 Å². The van der Waals surface area contributed by atoms with Gasteiger partial charge in [-0.3, -0.25) is 0 Å². The van der Waals surface area contributed by atoms with E-state index in [1.165, 1.54) is 12.1 Å². The van der Waals surface area contributed by atoms with Crippen molar-refractivity contribution in [3.05, 3.63) is 63.4 Å². The lowest BCUT2D eigenvalue weighted by Crippen LogP contribution is -2.10. The van der Waals surface area contributed by atoms with Crippen LogP contribution in [0, 0.1) is 5.82 Å². The van der Waals surface area contributed by atoms with Crippen LogP contribution in [-0.4, -0.2) is 4.99 Å². The van der Waals surface area contributed by atoms with E-state index in [2.05, 4.69) is 0 Å². The summed E-state index contributed by atoms with van der Waals surface area (Å²) in [4.78, 5) is 0.207. The normalized spacial score (nSPS) is 10.3. The van der Waals surface area contributed by atoms with Gasteiger partial charge in [0.05, 0.1) is 10.0 Å². The molecular formula is C14H10Cl2FNOS. The predicted molar refractivity (Wildman–Crippen MR) is 83.1 cm³/mol. The number of benzene rings is 2.